The second-order valence-electron chi connectivity index (χ2n) is 4.94. The van der Waals surface area contributed by atoms with Gasteiger partial charge in [-0.25, -0.2) is 0 Å². The fourth-order valence-corrected chi connectivity index (χ4v) is 2.26. The summed E-state index contributed by atoms with van der Waals surface area (Å²) < 4.78 is 7.08. The first-order valence-corrected chi connectivity index (χ1v) is 6.70. The number of aromatic nitrogens is 2. The van der Waals surface area contributed by atoms with Gasteiger partial charge in [-0.1, -0.05) is 0 Å². The molecule has 1 aromatic carbocycles. The number of benzene rings is 1. The number of hydrogen-bond acceptors (Lipinski definition) is 4. The topological polar surface area (TPSA) is 59.3 Å². The maximum atomic E-state index is 9.96. The number of hydrogen-bond donors (Lipinski definition) is 2. The molecule has 1 heterocycles. The highest BCUT2D eigenvalue weighted by Crippen LogP contribution is 2.28. The SMILES string of the molecule is COc1ccc(O)c(C(C)NC(C)Cn2cccn2)c1. The number of rotatable bonds is 6. The van der Waals surface area contributed by atoms with E-state index in [-0.39, 0.29) is 17.8 Å². The monoisotopic (exact) mass is 275 g/mol. The Labute approximate surface area is 119 Å². The molecule has 0 bridgehead atoms. The second kappa shape index (κ2) is 6.43. The molecule has 2 rings (SSSR count). The van der Waals surface area contributed by atoms with Gasteiger partial charge in [0.2, 0.25) is 0 Å². The van der Waals surface area contributed by atoms with E-state index in [4.69, 9.17) is 4.74 Å². The molecular formula is C15H21N3O2. The molecule has 0 aliphatic heterocycles. The second-order valence-corrected chi connectivity index (χ2v) is 4.94. The fourth-order valence-electron chi connectivity index (χ4n) is 2.26. The van der Waals surface area contributed by atoms with Gasteiger partial charge < -0.3 is 15.2 Å². The van der Waals surface area contributed by atoms with Crippen LogP contribution in [0.5, 0.6) is 11.5 Å². The van der Waals surface area contributed by atoms with Crippen LogP contribution in [-0.4, -0.2) is 28.0 Å². The Morgan fingerprint density at radius 3 is 2.85 bits per heavy atom. The summed E-state index contributed by atoms with van der Waals surface area (Å²) in [4.78, 5) is 0. The molecule has 2 N–H and O–H groups in total. The predicted molar refractivity (Wildman–Crippen MR) is 77.9 cm³/mol. The lowest BCUT2D eigenvalue weighted by Gasteiger charge is -2.21. The molecule has 0 saturated carbocycles. The average Bonchev–Trinajstić information content (AvgIpc) is 2.91. The first-order valence-electron chi connectivity index (χ1n) is 6.70. The van der Waals surface area contributed by atoms with E-state index in [1.165, 1.54) is 0 Å². The van der Waals surface area contributed by atoms with Crippen LogP contribution in [0.1, 0.15) is 25.5 Å². The van der Waals surface area contributed by atoms with E-state index in [0.717, 1.165) is 17.9 Å². The number of phenols is 1. The Morgan fingerprint density at radius 2 is 2.20 bits per heavy atom. The summed E-state index contributed by atoms with van der Waals surface area (Å²) >= 11 is 0. The zero-order valence-corrected chi connectivity index (χ0v) is 12.1. The molecule has 0 spiro atoms. The van der Waals surface area contributed by atoms with Crippen LogP contribution < -0.4 is 10.1 Å². The van der Waals surface area contributed by atoms with Crippen LogP contribution in [-0.2, 0) is 6.54 Å². The van der Waals surface area contributed by atoms with E-state index in [1.54, 1.807) is 25.4 Å². The molecule has 1 aromatic heterocycles. The lowest BCUT2D eigenvalue weighted by molar-refractivity contribution is 0.390. The van der Waals surface area contributed by atoms with Gasteiger partial charge in [0.05, 0.1) is 13.7 Å². The van der Waals surface area contributed by atoms with Gasteiger partial charge in [-0.3, -0.25) is 4.68 Å². The molecule has 20 heavy (non-hydrogen) atoms. The van der Waals surface area contributed by atoms with Crippen molar-refractivity contribution in [1.82, 2.24) is 15.1 Å². The Bertz CT molecular complexity index is 540. The van der Waals surface area contributed by atoms with Crippen LogP contribution in [0.3, 0.4) is 0 Å². The van der Waals surface area contributed by atoms with Gasteiger partial charge in [0.25, 0.3) is 0 Å². The summed E-state index contributed by atoms with van der Waals surface area (Å²) in [7, 11) is 1.62. The summed E-state index contributed by atoms with van der Waals surface area (Å²) in [5.74, 6) is 1.02. The Balaban J connectivity index is 2.02. The van der Waals surface area contributed by atoms with Crippen molar-refractivity contribution in [1.29, 1.82) is 0 Å². The van der Waals surface area contributed by atoms with Gasteiger partial charge in [-0.15, -0.1) is 0 Å². The molecule has 0 aliphatic carbocycles. The third kappa shape index (κ3) is 3.51. The summed E-state index contributed by atoms with van der Waals surface area (Å²) in [5.41, 5.74) is 0.830. The number of methoxy groups -OCH3 is 1. The van der Waals surface area contributed by atoms with Gasteiger partial charge in [0.15, 0.2) is 0 Å². The van der Waals surface area contributed by atoms with Crippen LogP contribution in [0, 0.1) is 0 Å². The summed E-state index contributed by atoms with van der Waals surface area (Å²) in [6.45, 7) is 4.89. The molecule has 2 atom stereocenters. The van der Waals surface area contributed by atoms with Crippen LogP contribution in [0.4, 0.5) is 0 Å². The summed E-state index contributed by atoms with van der Waals surface area (Å²) in [5, 5.41) is 17.6. The van der Waals surface area contributed by atoms with Crippen molar-refractivity contribution >= 4 is 0 Å². The van der Waals surface area contributed by atoms with E-state index in [9.17, 15) is 5.11 Å². The third-order valence-electron chi connectivity index (χ3n) is 3.26. The van der Waals surface area contributed by atoms with E-state index in [2.05, 4.69) is 17.3 Å². The molecule has 5 heteroatoms. The lowest BCUT2D eigenvalue weighted by atomic mass is 10.1. The molecule has 0 saturated heterocycles. The summed E-state index contributed by atoms with van der Waals surface area (Å²) in [6, 6.07) is 7.42. The van der Waals surface area contributed by atoms with Crippen molar-refractivity contribution < 1.29 is 9.84 Å². The van der Waals surface area contributed by atoms with Crippen molar-refractivity contribution in [2.45, 2.75) is 32.5 Å². The van der Waals surface area contributed by atoms with Crippen LogP contribution in [0.25, 0.3) is 0 Å². The standard InChI is InChI=1S/C15H21N3O2/c1-11(10-18-8-4-7-16-18)17-12(2)14-9-13(20-3)5-6-15(14)19/h4-9,11-12,17,19H,10H2,1-3H3. The van der Waals surface area contributed by atoms with Gasteiger partial charge in [-0.05, 0) is 38.1 Å². The highest BCUT2D eigenvalue weighted by molar-refractivity contribution is 5.41. The minimum absolute atomic E-state index is 0.0238. The van der Waals surface area contributed by atoms with E-state index < -0.39 is 0 Å². The molecule has 0 amide bonds. The predicted octanol–water partition coefficient (Wildman–Crippen LogP) is 2.34. The molecule has 2 aromatic rings. The highest BCUT2D eigenvalue weighted by Gasteiger charge is 2.14. The van der Waals surface area contributed by atoms with Crippen LogP contribution in [0.15, 0.2) is 36.7 Å². The molecular weight excluding hydrogens is 254 g/mol. The number of phenolic OH excluding ortho intramolecular Hbond substituents is 1. The van der Waals surface area contributed by atoms with Gasteiger partial charge >= 0.3 is 0 Å². The van der Waals surface area contributed by atoms with E-state index in [0.29, 0.717) is 0 Å². The smallest absolute Gasteiger partial charge is 0.120 e. The van der Waals surface area contributed by atoms with E-state index >= 15 is 0 Å². The average molecular weight is 275 g/mol. The zero-order chi connectivity index (χ0) is 14.5. The molecule has 0 fully saturated rings. The molecule has 0 radical (unpaired) electrons. The Hall–Kier alpha value is -2.01. The number of aromatic hydroxyl groups is 1. The first-order chi connectivity index (χ1) is 9.60. The lowest BCUT2D eigenvalue weighted by Crippen LogP contribution is -2.32. The quantitative estimate of drug-likeness (QED) is 0.849. The number of nitrogens with zero attached hydrogens (tertiary/aromatic N) is 2. The number of ether oxygens (including phenoxy) is 1. The zero-order valence-electron chi connectivity index (χ0n) is 12.1. The molecule has 5 nitrogen and oxygen atoms in total. The Morgan fingerprint density at radius 1 is 1.40 bits per heavy atom. The minimum atomic E-state index is 0.0238. The van der Waals surface area contributed by atoms with Crippen molar-refractivity contribution in [3.05, 3.63) is 42.2 Å². The Kier molecular flexibility index (Phi) is 4.63. The first kappa shape index (κ1) is 14.4. The van der Waals surface area contributed by atoms with Crippen molar-refractivity contribution in [2.24, 2.45) is 0 Å². The normalized spacial score (nSPS) is 13.9. The van der Waals surface area contributed by atoms with Crippen molar-refractivity contribution in [3.63, 3.8) is 0 Å². The van der Waals surface area contributed by atoms with E-state index in [1.807, 2.05) is 29.9 Å². The van der Waals surface area contributed by atoms with Gasteiger partial charge in [0.1, 0.15) is 11.5 Å². The van der Waals surface area contributed by atoms with Crippen molar-refractivity contribution in [3.8, 4) is 11.5 Å². The van der Waals surface area contributed by atoms with Crippen LogP contribution >= 0.6 is 0 Å². The summed E-state index contributed by atoms with van der Waals surface area (Å²) in [6.07, 6.45) is 3.70. The van der Waals surface area contributed by atoms with Crippen molar-refractivity contribution in [2.75, 3.05) is 7.11 Å². The van der Waals surface area contributed by atoms with Gasteiger partial charge in [0, 0.05) is 30.0 Å². The van der Waals surface area contributed by atoms with Crippen LogP contribution in [0.2, 0.25) is 0 Å². The van der Waals surface area contributed by atoms with Gasteiger partial charge in [-0.2, -0.15) is 5.10 Å². The maximum absolute atomic E-state index is 9.96. The third-order valence-corrected chi connectivity index (χ3v) is 3.26. The highest BCUT2D eigenvalue weighted by atomic mass is 16.5. The number of nitrogens with one attached hydrogen (secondary N) is 1. The molecule has 108 valence electrons. The maximum Gasteiger partial charge on any atom is 0.120 e. The largest absolute Gasteiger partial charge is 0.508 e. The molecule has 0 aliphatic rings. The fraction of sp³-hybridized carbons (Fsp3) is 0.400. The molecule has 2 unspecified atom stereocenters. The minimum Gasteiger partial charge on any atom is -0.508 e.